The van der Waals surface area contributed by atoms with Gasteiger partial charge in [0.05, 0.1) is 12.0 Å². The zero-order valence-corrected chi connectivity index (χ0v) is 16.6. The average Bonchev–Trinajstić information content (AvgIpc) is 2.53. The Morgan fingerprint density at radius 2 is 1.72 bits per heavy atom. The highest BCUT2D eigenvalue weighted by Crippen LogP contribution is 2.37. The van der Waals surface area contributed by atoms with Crippen LogP contribution in [0.3, 0.4) is 0 Å². The molecule has 2 atom stereocenters. The maximum absolute atomic E-state index is 13.3. The molecule has 0 aromatic heterocycles. The number of rotatable bonds is 9. The van der Waals surface area contributed by atoms with Gasteiger partial charge in [0.1, 0.15) is 0 Å². The first-order valence-corrected chi connectivity index (χ1v) is 8.95. The van der Waals surface area contributed by atoms with Crippen molar-refractivity contribution in [2.75, 3.05) is 13.6 Å². The second-order valence-corrected chi connectivity index (χ2v) is 6.79. The van der Waals surface area contributed by atoms with Crippen LogP contribution in [0.1, 0.15) is 54.4 Å². The molecule has 0 aliphatic heterocycles. The van der Waals surface area contributed by atoms with Gasteiger partial charge in [-0.3, -0.25) is 0 Å². The van der Waals surface area contributed by atoms with Crippen LogP contribution in [-0.4, -0.2) is 35.9 Å². The molecule has 0 aliphatic rings. The maximum Gasteiger partial charge on any atom is 0.395 e. The SMILES string of the molecule is CC=CCC(=CC)CN(C)/C(=C(/CC)C(C)C(F)(F)F)C(O)C(C)C. The van der Waals surface area contributed by atoms with Crippen molar-refractivity contribution in [1.82, 2.24) is 4.90 Å². The van der Waals surface area contributed by atoms with E-state index in [2.05, 4.69) is 0 Å². The van der Waals surface area contributed by atoms with E-state index in [1.165, 1.54) is 6.92 Å². The van der Waals surface area contributed by atoms with Crippen LogP contribution in [-0.2, 0) is 0 Å². The molecule has 25 heavy (non-hydrogen) atoms. The molecule has 0 aromatic rings. The highest BCUT2D eigenvalue weighted by Gasteiger charge is 2.40. The Labute approximate surface area is 151 Å². The summed E-state index contributed by atoms with van der Waals surface area (Å²) in [5, 5.41) is 10.6. The van der Waals surface area contributed by atoms with Gasteiger partial charge < -0.3 is 10.0 Å². The molecular weight excluding hydrogens is 327 g/mol. The van der Waals surface area contributed by atoms with Gasteiger partial charge >= 0.3 is 6.18 Å². The van der Waals surface area contributed by atoms with Crippen molar-refractivity contribution in [3.05, 3.63) is 35.1 Å². The standard InChI is InChI=1S/C20H34F3NO/c1-8-11-12-16(9-2)13-24(7)18(19(25)14(4)5)17(10-3)15(6)20(21,22)23/h8-9,11,14-15,19,25H,10,12-13H2,1-7H3/b11-8?,16-9?,18-17-. The third-order valence-corrected chi connectivity index (χ3v) is 4.51. The van der Waals surface area contributed by atoms with Crippen LogP contribution in [0.25, 0.3) is 0 Å². The van der Waals surface area contributed by atoms with Crippen LogP contribution in [0.2, 0.25) is 0 Å². The minimum absolute atomic E-state index is 0.163. The highest BCUT2D eigenvalue weighted by molar-refractivity contribution is 5.23. The number of halogens is 3. The highest BCUT2D eigenvalue weighted by atomic mass is 19.4. The predicted molar refractivity (Wildman–Crippen MR) is 99.2 cm³/mol. The second-order valence-electron chi connectivity index (χ2n) is 6.79. The Hall–Kier alpha value is -1.23. The molecule has 0 radical (unpaired) electrons. The molecule has 0 aromatic carbocycles. The molecule has 2 nitrogen and oxygen atoms in total. The summed E-state index contributed by atoms with van der Waals surface area (Å²) in [4.78, 5) is 1.78. The van der Waals surface area contributed by atoms with Gasteiger partial charge in [-0.15, -0.1) is 0 Å². The van der Waals surface area contributed by atoms with Gasteiger partial charge in [0.2, 0.25) is 0 Å². The lowest BCUT2D eigenvalue weighted by Gasteiger charge is -2.34. The van der Waals surface area contributed by atoms with E-state index in [1.54, 1.807) is 18.9 Å². The Morgan fingerprint density at radius 1 is 1.16 bits per heavy atom. The second kappa shape index (κ2) is 10.7. The Morgan fingerprint density at radius 3 is 2.08 bits per heavy atom. The van der Waals surface area contributed by atoms with Gasteiger partial charge in [0.25, 0.3) is 0 Å². The summed E-state index contributed by atoms with van der Waals surface area (Å²) in [5.41, 5.74) is 1.77. The molecule has 0 saturated carbocycles. The van der Waals surface area contributed by atoms with Gasteiger partial charge in [-0.25, -0.2) is 0 Å². The fraction of sp³-hybridized carbons (Fsp3) is 0.700. The van der Waals surface area contributed by atoms with Gasteiger partial charge in [0, 0.05) is 19.3 Å². The molecule has 1 N–H and O–H groups in total. The number of likely N-dealkylation sites (N-methyl/N-ethyl adjacent to an activating group) is 1. The van der Waals surface area contributed by atoms with Crippen LogP contribution in [0, 0.1) is 11.8 Å². The Kier molecular flexibility index (Phi) is 10.2. The normalized spacial score (nSPS) is 17.0. The molecule has 0 fully saturated rings. The lowest BCUT2D eigenvalue weighted by atomic mass is 9.90. The van der Waals surface area contributed by atoms with Crippen LogP contribution in [0.15, 0.2) is 35.1 Å². The summed E-state index contributed by atoms with van der Waals surface area (Å²) in [6.07, 6.45) is 1.71. The summed E-state index contributed by atoms with van der Waals surface area (Å²) >= 11 is 0. The largest absolute Gasteiger partial charge is 0.395 e. The lowest BCUT2D eigenvalue weighted by molar-refractivity contribution is -0.160. The molecule has 5 heteroatoms. The number of allylic oxidation sites excluding steroid dienone is 4. The molecule has 0 amide bonds. The number of aliphatic hydroxyl groups is 1. The van der Waals surface area contributed by atoms with Crippen molar-refractivity contribution in [2.24, 2.45) is 11.8 Å². The number of nitrogens with zero attached hydrogens (tertiary/aromatic N) is 1. The quantitative estimate of drug-likeness (QED) is 0.532. The summed E-state index contributed by atoms with van der Waals surface area (Å²) in [7, 11) is 1.76. The summed E-state index contributed by atoms with van der Waals surface area (Å²) in [5.74, 6) is -1.74. The van der Waals surface area contributed by atoms with Gasteiger partial charge in [-0.1, -0.05) is 44.6 Å². The minimum Gasteiger partial charge on any atom is -0.387 e. The van der Waals surface area contributed by atoms with Crippen molar-refractivity contribution in [2.45, 2.75) is 66.7 Å². The van der Waals surface area contributed by atoms with Crippen LogP contribution < -0.4 is 0 Å². The Bertz CT molecular complexity index is 490. The molecule has 146 valence electrons. The summed E-state index contributed by atoms with van der Waals surface area (Å²) in [6, 6.07) is 0. The third kappa shape index (κ3) is 7.27. The van der Waals surface area contributed by atoms with E-state index in [0.29, 0.717) is 12.2 Å². The van der Waals surface area contributed by atoms with Gasteiger partial charge in [-0.05, 0) is 45.1 Å². The fourth-order valence-electron chi connectivity index (χ4n) is 2.82. The van der Waals surface area contributed by atoms with Crippen molar-refractivity contribution in [3.8, 4) is 0 Å². The van der Waals surface area contributed by atoms with Crippen LogP contribution in [0.4, 0.5) is 13.2 Å². The summed E-state index contributed by atoms with van der Waals surface area (Å²) < 4.78 is 39.9. The minimum atomic E-state index is -4.32. The first-order chi connectivity index (χ1) is 11.5. The number of aliphatic hydroxyl groups excluding tert-OH is 1. The van der Waals surface area contributed by atoms with E-state index in [4.69, 9.17) is 0 Å². The van der Waals surface area contributed by atoms with Crippen molar-refractivity contribution in [3.63, 3.8) is 0 Å². The zero-order chi connectivity index (χ0) is 19.8. The van der Waals surface area contributed by atoms with Gasteiger partial charge in [0.15, 0.2) is 0 Å². The van der Waals surface area contributed by atoms with E-state index >= 15 is 0 Å². The van der Waals surface area contributed by atoms with E-state index in [0.717, 1.165) is 12.0 Å². The van der Waals surface area contributed by atoms with Crippen molar-refractivity contribution < 1.29 is 18.3 Å². The third-order valence-electron chi connectivity index (χ3n) is 4.51. The maximum atomic E-state index is 13.3. The molecule has 0 bridgehead atoms. The number of alkyl halides is 3. The molecule has 0 aliphatic carbocycles. The average molecular weight is 361 g/mol. The van der Waals surface area contributed by atoms with E-state index in [-0.39, 0.29) is 17.9 Å². The molecule has 0 rings (SSSR count). The van der Waals surface area contributed by atoms with Crippen LogP contribution in [0.5, 0.6) is 0 Å². The fourth-order valence-corrected chi connectivity index (χ4v) is 2.82. The molecule has 0 heterocycles. The lowest BCUT2D eigenvalue weighted by Crippen LogP contribution is -2.35. The molecule has 0 saturated heterocycles. The molecule has 2 unspecified atom stereocenters. The first-order valence-electron chi connectivity index (χ1n) is 8.95. The zero-order valence-electron chi connectivity index (χ0n) is 16.6. The van der Waals surface area contributed by atoms with Crippen molar-refractivity contribution in [1.29, 1.82) is 0 Å². The van der Waals surface area contributed by atoms with Gasteiger partial charge in [-0.2, -0.15) is 13.2 Å². The molecule has 0 spiro atoms. The number of hydrogen-bond acceptors (Lipinski definition) is 2. The smallest absolute Gasteiger partial charge is 0.387 e. The Balaban J connectivity index is 5.94. The molecular formula is C20H34F3NO. The topological polar surface area (TPSA) is 23.5 Å². The monoisotopic (exact) mass is 361 g/mol. The van der Waals surface area contributed by atoms with E-state index in [9.17, 15) is 18.3 Å². The summed E-state index contributed by atoms with van der Waals surface area (Å²) in [6.45, 7) is 10.9. The van der Waals surface area contributed by atoms with Crippen LogP contribution >= 0.6 is 0 Å². The van der Waals surface area contributed by atoms with Crippen molar-refractivity contribution >= 4 is 0 Å². The predicted octanol–water partition coefficient (Wildman–Crippen LogP) is 5.71. The first kappa shape index (κ1) is 23.8. The number of hydrogen-bond donors (Lipinski definition) is 1. The van der Waals surface area contributed by atoms with E-state index < -0.39 is 18.2 Å². The van der Waals surface area contributed by atoms with E-state index in [1.807, 2.05) is 45.9 Å².